The summed E-state index contributed by atoms with van der Waals surface area (Å²) in [5.41, 5.74) is 5.25. The molecule has 0 fully saturated rings. The van der Waals surface area contributed by atoms with E-state index in [-0.39, 0.29) is 10.6 Å². The maximum Gasteiger partial charge on any atom is 0.178 e. The molecule has 0 aliphatic rings. The molecular weight excluding hydrogens is 430 g/mol. The first-order valence-corrected chi connectivity index (χ1v) is 10.6. The Balaban J connectivity index is 1.55. The molecule has 156 valence electrons. The first-order chi connectivity index (χ1) is 15.6. The van der Waals surface area contributed by atoms with E-state index in [1.807, 2.05) is 25.1 Å². The van der Waals surface area contributed by atoms with Gasteiger partial charge in [0, 0.05) is 40.0 Å². The van der Waals surface area contributed by atoms with Crippen LogP contribution in [0.25, 0.3) is 55.2 Å². The summed E-state index contributed by atoms with van der Waals surface area (Å²) in [4.78, 5) is 17.1. The number of pyridine rings is 2. The van der Waals surface area contributed by atoms with Gasteiger partial charge in [-0.05, 0) is 54.4 Å². The Morgan fingerprint density at radius 2 is 1.91 bits per heavy atom. The maximum atomic E-state index is 14.9. The van der Waals surface area contributed by atoms with E-state index in [0.29, 0.717) is 33.6 Å². The SMILES string of the molecule is Cc1ccncc1-c1cc(F)c2n[nH]c(-c3nc4nccc(-c5ccc(F)s5)c4[nH]3)c2c1. The lowest BCUT2D eigenvalue weighted by atomic mass is 10.0. The van der Waals surface area contributed by atoms with Crippen molar-refractivity contribution in [3.8, 4) is 33.1 Å². The average Bonchev–Trinajstić information content (AvgIpc) is 3.51. The minimum Gasteiger partial charge on any atom is -0.335 e. The topological polar surface area (TPSA) is 83.1 Å². The van der Waals surface area contributed by atoms with Crippen LogP contribution < -0.4 is 0 Å². The van der Waals surface area contributed by atoms with Gasteiger partial charge in [-0.1, -0.05) is 0 Å². The summed E-state index contributed by atoms with van der Waals surface area (Å²) in [5.74, 6) is 0.0335. The van der Waals surface area contributed by atoms with Crippen LogP contribution in [-0.2, 0) is 0 Å². The zero-order chi connectivity index (χ0) is 21.8. The monoisotopic (exact) mass is 444 g/mol. The molecule has 0 amide bonds. The summed E-state index contributed by atoms with van der Waals surface area (Å²) < 4.78 is 28.5. The maximum absolute atomic E-state index is 14.9. The first-order valence-electron chi connectivity index (χ1n) is 9.78. The van der Waals surface area contributed by atoms with E-state index < -0.39 is 5.82 Å². The highest BCUT2D eigenvalue weighted by Crippen LogP contribution is 2.35. The smallest absolute Gasteiger partial charge is 0.178 e. The largest absolute Gasteiger partial charge is 0.335 e. The zero-order valence-electron chi connectivity index (χ0n) is 16.6. The number of hydrogen-bond acceptors (Lipinski definition) is 5. The molecule has 0 aliphatic carbocycles. The van der Waals surface area contributed by atoms with E-state index in [0.717, 1.165) is 32.9 Å². The quantitative estimate of drug-likeness (QED) is 0.357. The molecule has 0 radical (unpaired) electrons. The third-order valence-electron chi connectivity index (χ3n) is 5.43. The normalized spacial score (nSPS) is 11.6. The van der Waals surface area contributed by atoms with E-state index >= 15 is 0 Å². The third kappa shape index (κ3) is 2.89. The number of nitrogens with one attached hydrogen (secondary N) is 2. The molecule has 6 nitrogen and oxygen atoms in total. The Morgan fingerprint density at radius 3 is 2.72 bits per heavy atom. The Hall–Kier alpha value is -3.98. The minimum atomic E-state index is -0.438. The van der Waals surface area contributed by atoms with E-state index in [4.69, 9.17) is 0 Å². The lowest BCUT2D eigenvalue weighted by molar-refractivity contribution is 0.636. The standard InChI is InChI=1S/C23H14F2N6S/c1-11-4-6-26-10-15(11)12-8-14-19(16(24)9-12)30-31-21(14)23-28-20-13(5-7-27-22(20)29-23)17-2-3-18(25)32-17/h2-10H,1H3,(H,30,31)(H,27,28,29). The van der Waals surface area contributed by atoms with Gasteiger partial charge in [0.1, 0.15) is 11.2 Å². The molecular formula is C23H14F2N6S. The molecule has 9 heteroatoms. The molecule has 32 heavy (non-hydrogen) atoms. The van der Waals surface area contributed by atoms with Crippen LogP contribution in [0.2, 0.25) is 0 Å². The number of imidazole rings is 1. The number of aryl methyl sites for hydroxylation is 1. The second-order valence-corrected chi connectivity index (χ2v) is 8.42. The highest BCUT2D eigenvalue weighted by molar-refractivity contribution is 7.14. The van der Waals surface area contributed by atoms with Crippen LogP contribution >= 0.6 is 11.3 Å². The fourth-order valence-corrected chi connectivity index (χ4v) is 4.63. The van der Waals surface area contributed by atoms with Crippen molar-refractivity contribution in [3.05, 3.63) is 71.5 Å². The van der Waals surface area contributed by atoms with Gasteiger partial charge in [-0.15, -0.1) is 11.3 Å². The number of nitrogens with zero attached hydrogens (tertiary/aromatic N) is 4. The van der Waals surface area contributed by atoms with Crippen molar-refractivity contribution in [2.24, 2.45) is 0 Å². The number of aromatic amines is 2. The molecule has 0 saturated heterocycles. The summed E-state index contributed by atoms with van der Waals surface area (Å²) in [6.45, 7) is 1.95. The summed E-state index contributed by atoms with van der Waals surface area (Å²) in [6.07, 6.45) is 5.05. The van der Waals surface area contributed by atoms with Gasteiger partial charge in [0.15, 0.2) is 22.4 Å². The van der Waals surface area contributed by atoms with Crippen LogP contribution in [0, 0.1) is 17.9 Å². The lowest BCUT2D eigenvalue weighted by Crippen LogP contribution is -1.88. The molecule has 5 heterocycles. The van der Waals surface area contributed by atoms with Gasteiger partial charge < -0.3 is 4.98 Å². The van der Waals surface area contributed by atoms with Crippen LogP contribution in [0.3, 0.4) is 0 Å². The number of aromatic nitrogens is 6. The fourth-order valence-electron chi connectivity index (χ4n) is 3.87. The Labute approximate surface area is 184 Å². The van der Waals surface area contributed by atoms with Gasteiger partial charge in [0.25, 0.3) is 0 Å². The van der Waals surface area contributed by atoms with Crippen molar-refractivity contribution < 1.29 is 8.78 Å². The molecule has 1 aromatic carbocycles. The van der Waals surface area contributed by atoms with E-state index in [2.05, 4.69) is 30.1 Å². The summed E-state index contributed by atoms with van der Waals surface area (Å²) >= 11 is 1.05. The summed E-state index contributed by atoms with van der Waals surface area (Å²) in [6, 6.07) is 10.2. The number of thiophene rings is 1. The molecule has 0 aliphatic heterocycles. The Morgan fingerprint density at radius 1 is 1.00 bits per heavy atom. The second-order valence-electron chi connectivity index (χ2n) is 7.39. The van der Waals surface area contributed by atoms with Crippen LogP contribution in [-0.4, -0.2) is 30.1 Å². The molecule has 0 unspecified atom stereocenters. The molecule has 0 saturated carbocycles. The van der Waals surface area contributed by atoms with Crippen molar-refractivity contribution >= 4 is 33.4 Å². The predicted octanol–water partition coefficient (Wildman–Crippen LogP) is 5.88. The van der Waals surface area contributed by atoms with Gasteiger partial charge in [-0.25, -0.2) is 14.4 Å². The van der Waals surface area contributed by atoms with Gasteiger partial charge in [0.05, 0.1) is 5.52 Å². The van der Waals surface area contributed by atoms with Gasteiger partial charge in [0.2, 0.25) is 0 Å². The van der Waals surface area contributed by atoms with Crippen molar-refractivity contribution in [2.75, 3.05) is 0 Å². The molecule has 5 aromatic heterocycles. The van der Waals surface area contributed by atoms with Gasteiger partial charge in [-0.3, -0.25) is 10.1 Å². The number of halogens is 2. The van der Waals surface area contributed by atoms with E-state index in [1.54, 1.807) is 24.7 Å². The second kappa shape index (κ2) is 7.03. The fraction of sp³-hybridized carbons (Fsp3) is 0.0435. The van der Waals surface area contributed by atoms with Crippen LogP contribution in [0.1, 0.15) is 5.56 Å². The first kappa shape index (κ1) is 18.8. The van der Waals surface area contributed by atoms with Gasteiger partial charge >= 0.3 is 0 Å². The van der Waals surface area contributed by atoms with Crippen molar-refractivity contribution in [2.45, 2.75) is 6.92 Å². The van der Waals surface area contributed by atoms with Crippen LogP contribution in [0.5, 0.6) is 0 Å². The number of hydrogen-bond donors (Lipinski definition) is 2. The van der Waals surface area contributed by atoms with Crippen molar-refractivity contribution in [3.63, 3.8) is 0 Å². The Kier molecular flexibility index (Phi) is 4.12. The highest BCUT2D eigenvalue weighted by Gasteiger charge is 2.19. The molecule has 6 aromatic rings. The molecule has 2 N–H and O–H groups in total. The van der Waals surface area contributed by atoms with Crippen molar-refractivity contribution in [1.82, 2.24) is 30.1 Å². The number of fused-ring (bicyclic) bond motifs is 2. The molecule has 0 spiro atoms. The summed E-state index contributed by atoms with van der Waals surface area (Å²) in [7, 11) is 0. The lowest BCUT2D eigenvalue weighted by Gasteiger charge is -2.06. The molecule has 0 bridgehead atoms. The number of rotatable bonds is 3. The number of H-pyrrole nitrogens is 2. The van der Waals surface area contributed by atoms with Crippen molar-refractivity contribution in [1.29, 1.82) is 0 Å². The minimum absolute atomic E-state index is 0.222. The average molecular weight is 444 g/mol. The predicted molar refractivity (Wildman–Crippen MR) is 120 cm³/mol. The molecule has 6 rings (SSSR count). The third-order valence-corrected chi connectivity index (χ3v) is 6.34. The van der Waals surface area contributed by atoms with Crippen LogP contribution in [0.4, 0.5) is 8.78 Å². The van der Waals surface area contributed by atoms with E-state index in [1.165, 1.54) is 12.1 Å². The zero-order valence-corrected chi connectivity index (χ0v) is 17.5. The van der Waals surface area contributed by atoms with E-state index in [9.17, 15) is 8.78 Å². The Bertz CT molecular complexity index is 1630. The van der Waals surface area contributed by atoms with Gasteiger partial charge in [-0.2, -0.15) is 9.49 Å². The summed E-state index contributed by atoms with van der Waals surface area (Å²) in [5, 5.41) is 7.39. The molecule has 0 atom stereocenters. The van der Waals surface area contributed by atoms with Crippen LogP contribution in [0.15, 0.2) is 55.0 Å². The highest BCUT2D eigenvalue weighted by atomic mass is 32.1. The number of benzene rings is 1.